The Labute approximate surface area is 173 Å². The van der Waals surface area contributed by atoms with E-state index in [0.717, 1.165) is 16.8 Å². The van der Waals surface area contributed by atoms with E-state index in [1.165, 1.54) is 11.8 Å². The van der Waals surface area contributed by atoms with Crippen molar-refractivity contribution in [3.63, 3.8) is 0 Å². The van der Waals surface area contributed by atoms with Gasteiger partial charge in [0.05, 0.1) is 13.2 Å². The molecule has 1 N–H and O–H groups in total. The molecule has 0 aliphatic carbocycles. The van der Waals surface area contributed by atoms with Gasteiger partial charge >= 0.3 is 6.01 Å². The number of nitrogens with one attached hydrogen (secondary N) is 1. The van der Waals surface area contributed by atoms with Crippen molar-refractivity contribution in [1.29, 1.82) is 0 Å². The molecule has 1 saturated heterocycles. The Balaban J connectivity index is 1.65. The summed E-state index contributed by atoms with van der Waals surface area (Å²) in [6.45, 7) is 0.417. The van der Waals surface area contributed by atoms with Crippen LogP contribution < -0.4 is 10.1 Å². The van der Waals surface area contributed by atoms with Crippen LogP contribution >= 0.6 is 0 Å². The van der Waals surface area contributed by atoms with Gasteiger partial charge < -0.3 is 15.0 Å². The molecule has 152 valence electrons. The molecule has 2 aromatic carbocycles. The van der Waals surface area contributed by atoms with E-state index >= 15 is 0 Å². The molecular weight excluding hydrogens is 382 g/mol. The summed E-state index contributed by atoms with van der Waals surface area (Å²) in [7, 11) is 3.15. The summed E-state index contributed by atoms with van der Waals surface area (Å²) < 4.78 is 6.59. The molecule has 8 heteroatoms. The molecule has 0 bridgehead atoms. The number of hydrogen-bond acceptors (Lipinski definition) is 5. The number of anilines is 1. The fourth-order valence-electron chi connectivity index (χ4n) is 4.77. The van der Waals surface area contributed by atoms with Gasteiger partial charge in [-0.15, -0.1) is 5.10 Å². The fraction of sp³-hybridized carbons (Fsp3) is 0.273. The van der Waals surface area contributed by atoms with Crippen LogP contribution in [-0.4, -0.2) is 45.1 Å². The first-order chi connectivity index (χ1) is 14.6. The number of amides is 2. The maximum absolute atomic E-state index is 13.5. The van der Waals surface area contributed by atoms with Crippen molar-refractivity contribution in [2.45, 2.75) is 17.9 Å². The lowest BCUT2D eigenvalue weighted by atomic mass is 9.72. The largest absolute Gasteiger partial charge is 0.467 e. The molecule has 1 spiro atoms. The van der Waals surface area contributed by atoms with Gasteiger partial charge in [0.25, 0.3) is 5.91 Å². The van der Waals surface area contributed by atoms with Crippen molar-refractivity contribution in [2.24, 2.45) is 7.05 Å². The van der Waals surface area contributed by atoms with Gasteiger partial charge in [-0.25, -0.2) is 4.68 Å². The monoisotopic (exact) mass is 403 g/mol. The summed E-state index contributed by atoms with van der Waals surface area (Å²) in [5, 5.41) is 7.24. The van der Waals surface area contributed by atoms with Crippen LogP contribution in [0.1, 0.15) is 34.2 Å². The Bertz CT molecular complexity index is 1140. The van der Waals surface area contributed by atoms with Gasteiger partial charge in [0.15, 0.2) is 0 Å². The summed E-state index contributed by atoms with van der Waals surface area (Å²) in [5.74, 6) is -0.352. The van der Waals surface area contributed by atoms with E-state index in [1.807, 2.05) is 54.6 Å². The summed E-state index contributed by atoms with van der Waals surface area (Å²) in [6.07, 6.45) is 0.519. The van der Waals surface area contributed by atoms with Crippen LogP contribution in [0, 0.1) is 0 Å². The number of aromatic nitrogens is 3. The predicted molar refractivity (Wildman–Crippen MR) is 109 cm³/mol. The molecule has 3 aromatic rings. The van der Waals surface area contributed by atoms with E-state index in [1.54, 1.807) is 11.9 Å². The van der Waals surface area contributed by atoms with Gasteiger partial charge in [-0.1, -0.05) is 48.5 Å². The van der Waals surface area contributed by atoms with Gasteiger partial charge in [-0.3, -0.25) is 9.59 Å². The van der Waals surface area contributed by atoms with E-state index in [-0.39, 0.29) is 23.6 Å². The van der Waals surface area contributed by atoms with E-state index in [9.17, 15) is 9.59 Å². The Kier molecular flexibility index (Phi) is 4.09. The van der Waals surface area contributed by atoms with Crippen LogP contribution in [0.25, 0.3) is 0 Å². The molecule has 3 heterocycles. The van der Waals surface area contributed by atoms with Crippen molar-refractivity contribution in [2.75, 3.05) is 19.0 Å². The molecule has 1 aromatic heterocycles. The summed E-state index contributed by atoms with van der Waals surface area (Å²) in [4.78, 5) is 32.7. The van der Waals surface area contributed by atoms with Gasteiger partial charge in [-0.05, 0) is 23.6 Å². The lowest BCUT2D eigenvalue weighted by Gasteiger charge is -2.34. The number of fused-ring (bicyclic) bond motifs is 2. The van der Waals surface area contributed by atoms with Crippen LogP contribution in [0.4, 0.5) is 5.69 Å². The number of aryl methyl sites for hydroxylation is 1. The van der Waals surface area contributed by atoms with E-state index < -0.39 is 11.5 Å². The first kappa shape index (κ1) is 18.4. The van der Waals surface area contributed by atoms with Crippen LogP contribution in [0.5, 0.6) is 6.01 Å². The lowest BCUT2D eigenvalue weighted by molar-refractivity contribution is -0.121. The molecule has 1 fully saturated rings. The third kappa shape index (κ3) is 2.46. The summed E-state index contributed by atoms with van der Waals surface area (Å²) in [6, 6.07) is 17.2. The maximum atomic E-state index is 13.5. The number of likely N-dealkylation sites (tertiary alicyclic amines) is 1. The molecule has 2 aliphatic heterocycles. The minimum atomic E-state index is -0.855. The van der Waals surface area contributed by atoms with Gasteiger partial charge in [0, 0.05) is 19.3 Å². The zero-order chi connectivity index (χ0) is 20.9. The molecular formula is C22H21N5O3. The molecule has 2 aliphatic rings. The average Bonchev–Trinajstić information content (AvgIpc) is 3.43. The number of carbonyl (C=O) groups excluding carboxylic acids is 2. The third-order valence-electron chi connectivity index (χ3n) is 6.06. The van der Waals surface area contributed by atoms with Crippen LogP contribution in [0.2, 0.25) is 0 Å². The second-order valence-electron chi connectivity index (χ2n) is 7.58. The minimum Gasteiger partial charge on any atom is -0.467 e. The Morgan fingerprint density at radius 3 is 2.63 bits per heavy atom. The molecule has 0 radical (unpaired) electrons. The Hall–Kier alpha value is -3.68. The highest BCUT2D eigenvalue weighted by atomic mass is 16.5. The second-order valence-corrected chi connectivity index (χ2v) is 7.58. The van der Waals surface area contributed by atoms with Gasteiger partial charge in [0.1, 0.15) is 5.41 Å². The molecule has 2 amide bonds. The topological polar surface area (TPSA) is 89.3 Å². The number of para-hydroxylation sites is 1. The van der Waals surface area contributed by atoms with E-state index in [0.29, 0.717) is 13.0 Å². The standard InChI is InChI=1S/C22H21N5O3/c1-26-21(30-2)24-18(25-26)19(28)27-13-12-22(17(27)14-8-4-3-5-9-14)15-10-6-7-11-16(15)23-20(22)29/h3-11,17H,12-13H2,1-2H3,(H,23,29)/t17-,22+/m0/s1. The third-order valence-corrected chi connectivity index (χ3v) is 6.06. The molecule has 2 atom stereocenters. The van der Waals surface area contributed by atoms with Crippen LogP contribution in [0.15, 0.2) is 54.6 Å². The highest BCUT2D eigenvalue weighted by molar-refractivity contribution is 6.08. The number of rotatable bonds is 3. The van der Waals surface area contributed by atoms with Crippen molar-refractivity contribution >= 4 is 17.5 Å². The van der Waals surface area contributed by atoms with Crippen molar-refractivity contribution in [1.82, 2.24) is 19.7 Å². The molecule has 8 nitrogen and oxygen atoms in total. The number of benzene rings is 2. The first-order valence-electron chi connectivity index (χ1n) is 9.78. The Morgan fingerprint density at radius 1 is 1.17 bits per heavy atom. The van der Waals surface area contributed by atoms with Crippen molar-refractivity contribution in [3.8, 4) is 6.01 Å². The van der Waals surface area contributed by atoms with E-state index in [4.69, 9.17) is 4.74 Å². The first-order valence-corrected chi connectivity index (χ1v) is 9.78. The number of hydrogen-bond donors (Lipinski definition) is 1. The SMILES string of the molecule is COc1nc(C(=O)N2CC[C@]3(C(=O)Nc4ccccc43)[C@@H]2c2ccccc2)nn1C. The Morgan fingerprint density at radius 2 is 1.90 bits per heavy atom. The zero-order valence-electron chi connectivity index (χ0n) is 16.7. The van der Waals surface area contributed by atoms with E-state index in [2.05, 4.69) is 15.4 Å². The number of ether oxygens (including phenoxy) is 1. The maximum Gasteiger partial charge on any atom is 0.314 e. The summed E-state index contributed by atoms with van der Waals surface area (Å²) >= 11 is 0. The smallest absolute Gasteiger partial charge is 0.314 e. The van der Waals surface area contributed by atoms with Crippen molar-refractivity contribution in [3.05, 3.63) is 71.5 Å². The highest BCUT2D eigenvalue weighted by Crippen LogP contribution is 2.54. The van der Waals surface area contributed by atoms with Crippen LogP contribution in [0.3, 0.4) is 0 Å². The average molecular weight is 403 g/mol. The second kappa shape index (κ2) is 6.69. The van der Waals surface area contributed by atoms with Crippen LogP contribution in [-0.2, 0) is 17.3 Å². The fourth-order valence-corrected chi connectivity index (χ4v) is 4.77. The van der Waals surface area contributed by atoms with Gasteiger partial charge in [0.2, 0.25) is 11.7 Å². The number of carbonyl (C=O) groups is 2. The lowest BCUT2D eigenvalue weighted by Crippen LogP contribution is -2.42. The minimum absolute atomic E-state index is 0.0546. The molecule has 0 unspecified atom stereocenters. The quantitative estimate of drug-likeness (QED) is 0.725. The normalized spacial score (nSPS) is 22.3. The number of methoxy groups -OCH3 is 1. The van der Waals surface area contributed by atoms with Gasteiger partial charge in [-0.2, -0.15) is 4.98 Å². The zero-order valence-corrected chi connectivity index (χ0v) is 16.7. The van der Waals surface area contributed by atoms with Crippen molar-refractivity contribution < 1.29 is 14.3 Å². The molecule has 5 rings (SSSR count). The summed E-state index contributed by atoms with van der Waals surface area (Å²) in [5.41, 5.74) is 1.77. The number of nitrogens with zero attached hydrogens (tertiary/aromatic N) is 4. The highest BCUT2D eigenvalue weighted by Gasteiger charge is 2.59. The predicted octanol–water partition coefficient (Wildman–Crippen LogP) is 2.30. The molecule has 0 saturated carbocycles. The molecule has 30 heavy (non-hydrogen) atoms.